The van der Waals surface area contributed by atoms with Gasteiger partial charge in [-0.05, 0) is 31.0 Å². The molecular formula is C11H14BrClO. The van der Waals surface area contributed by atoms with Gasteiger partial charge in [0.15, 0.2) is 0 Å². The second-order valence-electron chi connectivity index (χ2n) is 3.27. The molecule has 1 nitrogen and oxygen atoms in total. The molecule has 0 aliphatic carbocycles. The van der Waals surface area contributed by atoms with E-state index in [0.717, 1.165) is 21.5 Å². The number of rotatable bonds is 4. The fourth-order valence-corrected chi connectivity index (χ4v) is 1.72. The predicted octanol–water partition coefficient (Wildman–Crippen LogP) is 4.42. The lowest BCUT2D eigenvalue weighted by Gasteiger charge is -2.11. The zero-order valence-corrected chi connectivity index (χ0v) is 10.7. The van der Waals surface area contributed by atoms with Crippen LogP contribution in [0.1, 0.15) is 25.8 Å². The minimum atomic E-state index is 0.287. The first-order valence-corrected chi connectivity index (χ1v) is 5.86. The Kier molecular flexibility index (Phi) is 4.93. The molecule has 0 aromatic heterocycles. The summed E-state index contributed by atoms with van der Waals surface area (Å²) in [5.74, 6) is 0. The SMILES string of the molecule is CCC(C)OCc1ccc(Br)cc1Cl. The van der Waals surface area contributed by atoms with Crippen LogP contribution in [-0.2, 0) is 11.3 Å². The molecule has 0 amide bonds. The van der Waals surface area contributed by atoms with Gasteiger partial charge in [-0.2, -0.15) is 0 Å². The van der Waals surface area contributed by atoms with E-state index in [1.165, 1.54) is 0 Å². The van der Waals surface area contributed by atoms with E-state index in [0.29, 0.717) is 6.61 Å². The molecule has 1 atom stereocenters. The van der Waals surface area contributed by atoms with E-state index >= 15 is 0 Å². The summed E-state index contributed by atoms with van der Waals surface area (Å²) < 4.78 is 6.59. The van der Waals surface area contributed by atoms with E-state index in [2.05, 4.69) is 29.8 Å². The molecule has 0 radical (unpaired) electrons. The molecule has 0 bridgehead atoms. The molecule has 1 aromatic rings. The van der Waals surface area contributed by atoms with Crippen molar-refractivity contribution in [2.45, 2.75) is 33.0 Å². The quantitative estimate of drug-likeness (QED) is 0.792. The van der Waals surface area contributed by atoms with Gasteiger partial charge in [-0.1, -0.05) is 40.5 Å². The maximum Gasteiger partial charge on any atom is 0.0734 e. The highest BCUT2D eigenvalue weighted by molar-refractivity contribution is 9.10. The normalized spacial score (nSPS) is 12.9. The lowest BCUT2D eigenvalue weighted by Crippen LogP contribution is -2.06. The molecule has 0 N–H and O–H groups in total. The van der Waals surface area contributed by atoms with Crippen LogP contribution in [0.2, 0.25) is 5.02 Å². The van der Waals surface area contributed by atoms with Crippen LogP contribution < -0.4 is 0 Å². The summed E-state index contributed by atoms with van der Waals surface area (Å²) in [6.07, 6.45) is 1.31. The summed E-state index contributed by atoms with van der Waals surface area (Å²) >= 11 is 9.41. The van der Waals surface area contributed by atoms with Crippen molar-refractivity contribution in [2.75, 3.05) is 0 Å². The topological polar surface area (TPSA) is 9.23 Å². The predicted molar refractivity (Wildman–Crippen MR) is 63.7 cm³/mol. The highest BCUT2D eigenvalue weighted by Gasteiger charge is 2.03. The smallest absolute Gasteiger partial charge is 0.0734 e. The highest BCUT2D eigenvalue weighted by Crippen LogP contribution is 2.22. The van der Waals surface area contributed by atoms with Gasteiger partial charge in [0.2, 0.25) is 0 Å². The molecule has 0 spiro atoms. The van der Waals surface area contributed by atoms with Crippen LogP contribution in [0.4, 0.5) is 0 Å². The molecule has 0 aliphatic heterocycles. The third kappa shape index (κ3) is 3.60. The number of ether oxygens (including phenoxy) is 1. The average molecular weight is 278 g/mol. The Morgan fingerprint density at radius 2 is 2.21 bits per heavy atom. The standard InChI is InChI=1S/C11H14BrClO/c1-3-8(2)14-7-9-4-5-10(12)6-11(9)13/h4-6,8H,3,7H2,1-2H3. The number of hydrogen-bond acceptors (Lipinski definition) is 1. The maximum atomic E-state index is 6.05. The summed E-state index contributed by atoms with van der Waals surface area (Å²) in [7, 11) is 0. The van der Waals surface area contributed by atoms with E-state index < -0.39 is 0 Å². The Labute approximate surface area is 98.5 Å². The van der Waals surface area contributed by atoms with Crippen LogP contribution >= 0.6 is 27.5 Å². The lowest BCUT2D eigenvalue weighted by molar-refractivity contribution is 0.0509. The van der Waals surface area contributed by atoms with Crippen molar-refractivity contribution in [3.05, 3.63) is 33.3 Å². The average Bonchev–Trinajstić information content (AvgIpc) is 2.16. The Bertz CT molecular complexity index is 301. The van der Waals surface area contributed by atoms with Gasteiger partial charge in [0, 0.05) is 9.50 Å². The fourth-order valence-electron chi connectivity index (χ4n) is 0.989. The molecule has 0 aliphatic rings. The van der Waals surface area contributed by atoms with E-state index in [1.54, 1.807) is 0 Å². The van der Waals surface area contributed by atoms with Crippen molar-refractivity contribution >= 4 is 27.5 Å². The van der Waals surface area contributed by atoms with Crippen molar-refractivity contribution in [1.82, 2.24) is 0 Å². The highest BCUT2D eigenvalue weighted by atomic mass is 79.9. The molecule has 0 heterocycles. The third-order valence-electron chi connectivity index (χ3n) is 2.11. The third-order valence-corrected chi connectivity index (χ3v) is 2.96. The van der Waals surface area contributed by atoms with E-state index in [-0.39, 0.29) is 6.10 Å². The van der Waals surface area contributed by atoms with Gasteiger partial charge in [0.05, 0.1) is 12.7 Å². The minimum Gasteiger partial charge on any atom is -0.374 e. The molecule has 78 valence electrons. The van der Waals surface area contributed by atoms with Crippen LogP contribution in [0.3, 0.4) is 0 Å². The summed E-state index contributed by atoms with van der Waals surface area (Å²) in [5, 5.41) is 0.752. The zero-order valence-electron chi connectivity index (χ0n) is 8.39. The summed E-state index contributed by atoms with van der Waals surface area (Å²) in [6.45, 7) is 4.75. The second kappa shape index (κ2) is 5.74. The molecular weight excluding hydrogens is 263 g/mol. The summed E-state index contributed by atoms with van der Waals surface area (Å²) in [4.78, 5) is 0. The largest absolute Gasteiger partial charge is 0.374 e. The Balaban J connectivity index is 2.59. The lowest BCUT2D eigenvalue weighted by atomic mass is 10.2. The van der Waals surface area contributed by atoms with Gasteiger partial charge in [0.25, 0.3) is 0 Å². The fraction of sp³-hybridized carbons (Fsp3) is 0.455. The second-order valence-corrected chi connectivity index (χ2v) is 4.59. The van der Waals surface area contributed by atoms with E-state index in [4.69, 9.17) is 16.3 Å². The molecule has 1 aromatic carbocycles. The minimum absolute atomic E-state index is 0.287. The monoisotopic (exact) mass is 276 g/mol. The van der Waals surface area contributed by atoms with Gasteiger partial charge in [-0.15, -0.1) is 0 Å². The van der Waals surface area contributed by atoms with Gasteiger partial charge in [0.1, 0.15) is 0 Å². The van der Waals surface area contributed by atoms with Gasteiger partial charge in [-0.3, -0.25) is 0 Å². The molecule has 0 saturated carbocycles. The Hall–Kier alpha value is -0.0500. The molecule has 1 rings (SSSR count). The van der Waals surface area contributed by atoms with Crippen molar-refractivity contribution < 1.29 is 4.74 Å². The van der Waals surface area contributed by atoms with E-state index in [1.807, 2.05) is 18.2 Å². The van der Waals surface area contributed by atoms with Crippen LogP contribution in [0.25, 0.3) is 0 Å². The number of benzene rings is 1. The molecule has 3 heteroatoms. The molecule has 14 heavy (non-hydrogen) atoms. The van der Waals surface area contributed by atoms with E-state index in [9.17, 15) is 0 Å². The van der Waals surface area contributed by atoms with Crippen LogP contribution in [-0.4, -0.2) is 6.10 Å². The van der Waals surface area contributed by atoms with Gasteiger partial charge in [-0.25, -0.2) is 0 Å². The first-order valence-electron chi connectivity index (χ1n) is 4.69. The van der Waals surface area contributed by atoms with Crippen molar-refractivity contribution in [3.8, 4) is 0 Å². The van der Waals surface area contributed by atoms with Crippen molar-refractivity contribution in [3.63, 3.8) is 0 Å². The van der Waals surface area contributed by atoms with Crippen LogP contribution in [0.5, 0.6) is 0 Å². The van der Waals surface area contributed by atoms with Crippen molar-refractivity contribution in [1.29, 1.82) is 0 Å². The molecule has 1 unspecified atom stereocenters. The number of halogens is 2. The first kappa shape index (κ1) is 12.0. The van der Waals surface area contributed by atoms with Crippen molar-refractivity contribution in [2.24, 2.45) is 0 Å². The first-order chi connectivity index (χ1) is 6.63. The zero-order chi connectivity index (χ0) is 10.6. The van der Waals surface area contributed by atoms with Crippen LogP contribution in [0.15, 0.2) is 22.7 Å². The molecule has 0 fully saturated rings. The Morgan fingerprint density at radius 1 is 1.50 bits per heavy atom. The van der Waals surface area contributed by atoms with Gasteiger partial charge < -0.3 is 4.74 Å². The van der Waals surface area contributed by atoms with Gasteiger partial charge >= 0.3 is 0 Å². The van der Waals surface area contributed by atoms with Crippen LogP contribution in [0, 0.1) is 0 Å². The summed E-state index contributed by atoms with van der Waals surface area (Å²) in [5.41, 5.74) is 1.04. The molecule has 0 saturated heterocycles. The maximum absolute atomic E-state index is 6.05. The number of hydrogen-bond donors (Lipinski definition) is 0. The Morgan fingerprint density at radius 3 is 2.79 bits per heavy atom. The summed E-state index contributed by atoms with van der Waals surface area (Å²) in [6, 6.07) is 5.84.